The zero-order chi connectivity index (χ0) is 19.1. The average molecular weight is 367 g/mol. The zero-order valence-electron chi connectivity index (χ0n) is 15.2. The number of ether oxygens (including phenoxy) is 1. The predicted molar refractivity (Wildman–Crippen MR) is 91.8 cm³/mol. The van der Waals surface area contributed by atoms with Gasteiger partial charge in [0, 0.05) is 25.7 Å². The van der Waals surface area contributed by atoms with Crippen LogP contribution in [0.4, 0.5) is 0 Å². The van der Waals surface area contributed by atoms with Crippen LogP contribution in [0.2, 0.25) is 0 Å². The maximum Gasteiger partial charge on any atom is 0.315 e. The van der Waals surface area contributed by atoms with Crippen molar-refractivity contribution in [3.8, 4) is 0 Å². The van der Waals surface area contributed by atoms with E-state index >= 15 is 0 Å². The Bertz CT molecular complexity index is 542. The molecule has 8 nitrogen and oxygen atoms in total. The molecule has 1 unspecified atom stereocenters. The van der Waals surface area contributed by atoms with Crippen LogP contribution in [0.15, 0.2) is 0 Å². The Balaban J connectivity index is 1.91. The van der Waals surface area contributed by atoms with Crippen molar-refractivity contribution in [1.29, 1.82) is 0 Å². The smallest absolute Gasteiger partial charge is 0.315 e. The molecular formula is C18H27N2O6. The van der Waals surface area contributed by atoms with Crippen molar-refractivity contribution in [3.05, 3.63) is 6.42 Å². The van der Waals surface area contributed by atoms with Crippen molar-refractivity contribution < 1.29 is 29.0 Å². The molecule has 2 saturated heterocycles. The van der Waals surface area contributed by atoms with Gasteiger partial charge in [0.05, 0.1) is 6.61 Å². The Morgan fingerprint density at radius 3 is 2.38 bits per heavy atom. The van der Waals surface area contributed by atoms with Crippen molar-refractivity contribution in [2.75, 3.05) is 26.2 Å². The molecular weight excluding hydrogens is 340 g/mol. The number of amides is 2. The fraction of sp³-hybridized carbons (Fsp3) is 0.722. The van der Waals surface area contributed by atoms with Crippen molar-refractivity contribution in [1.82, 2.24) is 9.80 Å². The highest BCUT2D eigenvalue weighted by Gasteiger charge is 2.36. The first-order chi connectivity index (χ1) is 12.4. The molecule has 8 heteroatoms. The molecule has 0 aliphatic carbocycles. The summed E-state index contributed by atoms with van der Waals surface area (Å²) < 4.78 is 4.87. The third kappa shape index (κ3) is 5.44. The van der Waals surface area contributed by atoms with Gasteiger partial charge >= 0.3 is 11.9 Å². The lowest BCUT2D eigenvalue weighted by atomic mass is 9.83. The quantitative estimate of drug-likeness (QED) is 0.551. The third-order valence-electron chi connectivity index (χ3n) is 5.04. The molecule has 0 bridgehead atoms. The van der Waals surface area contributed by atoms with E-state index in [9.17, 15) is 19.2 Å². The van der Waals surface area contributed by atoms with Crippen LogP contribution in [-0.2, 0) is 23.9 Å². The molecule has 1 atom stereocenters. The van der Waals surface area contributed by atoms with Crippen molar-refractivity contribution >= 4 is 23.8 Å². The molecule has 0 saturated carbocycles. The van der Waals surface area contributed by atoms with Gasteiger partial charge in [-0.15, -0.1) is 0 Å². The molecule has 0 spiro atoms. The summed E-state index contributed by atoms with van der Waals surface area (Å²) in [4.78, 5) is 50.1. The molecule has 1 N–H and O–H groups in total. The predicted octanol–water partition coefficient (Wildman–Crippen LogP) is 0.848. The minimum absolute atomic E-state index is 0.0300. The lowest BCUT2D eigenvalue weighted by molar-refractivity contribution is -0.151. The van der Waals surface area contributed by atoms with Gasteiger partial charge in [0.2, 0.25) is 11.8 Å². The number of carboxylic acids is 1. The van der Waals surface area contributed by atoms with Gasteiger partial charge in [0.25, 0.3) is 0 Å². The Kier molecular flexibility index (Phi) is 7.41. The number of aliphatic carboxylic acids is 1. The summed E-state index contributed by atoms with van der Waals surface area (Å²) >= 11 is 0. The van der Waals surface area contributed by atoms with Crippen molar-refractivity contribution in [3.63, 3.8) is 0 Å². The number of esters is 1. The van der Waals surface area contributed by atoms with Gasteiger partial charge in [-0.25, -0.2) is 0 Å². The summed E-state index contributed by atoms with van der Waals surface area (Å²) in [7, 11) is 0. The number of carbonyl (C=O) groups excluding carboxylic acids is 3. The van der Waals surface area contributed by atoms with Crippen LogP contribution in [0.3, 0.4) is 0 Å². The van der Waals surface area contributed by atoms with Crippen molar-refractivity contribution in [2.45, 2.75) is 51.5 Å². The van der Waals surface area contributed by atoms with Crippen LogP contribution >= 0.6 is 0 Å². The molecule has 2 heterocycles. The number of nitrogens with zero attached hydrogens (tertiary/aromatic N) is 2. The first-order valence-electron chi connectivity index (χ1n) is 9.18. The number of likely N-dealkylation sites (tertiary alicyclic amines) is 2. The standard InChI is InChI=1S/C18H27N2O6/c1-2-26-18(25)12-16(22)20-8-4-3-5-14(20)13-6-9-19(10-7-13)15(21)11-17(23)24/h3,13-14H,2,4-12H2,1H3,(H,23,24). The zero-order valence-corrected chi connectivity index (χ0v) is 15.2. The van der Waals surface area contributed by atoms with E-state index in [-0.39, 0.29) is 36.8 Å². The molecule has 26 heavy (non-hydrogen) atoms. The fourth-order valence-corrected chi connectivity index (χ4v) is 3.78. The van der Waals surface area contributed by atoms with Crippen molar-refractivity contribution in [2.24, 2.45) is 5.92 Å². The monoisotopic (exact) mass is 367 g/mol. The molecule has 2 amide bonds. The second-order valence-electron chi connectivity index (χ2n) is 6.74. The van der Waals surface area contributed by atoms with Gasteiger partial charge in [0.15, 0.2) is 0 Å². The Labute approximate surface area is 153 Å². The fourth-order valence-electron chi connectivity index (χ4n) is 3.78. The minimum Gasteiger partial charge on any atom is -0.481 e. The molecule has 2 aliphatic heterocycles. The molecule has 1 radical (unpaired) electrons. The normalized spacial score (nSPS) is 21.3. The molecule has 145 valence electrons. The van der Waals surface area contributed by atoms with E-state index in [2.05, 4.69) is 6.42 Å². The molecule has 2 rings (SSSR count). The second kappa shape index (κ2) is 9.54. The molecule has 2 aliphatic rings. The van der Waals surface area contributed by atoms with Gasteiger partial charge in [-0.2, -0.15) is 0 Å². The van der Waals surface area contributed by atoms with Gasteiger partial charge < -0.3 is 19.6 Å². The van der Waals surface area contributed by atoms with E-state index in [1.807, 2.05) is 0 Å². The van der Waals surface area contributed by atoms with Crippen LogP contribution in [0, 0.1) is 12.3 Å². The maximum absolute atomic E-state index is 12.5. The summed E-state index contributed by atoms with van der Waals surface area (Å²) in [6.45, 7) is 3.58. The van der Waals surface area contributed by atoms with E-state index in [0.29, 0.717) is 19.6 Å². The van der Waals surface area contributed by atoms with Crippen LogP contribution in [0.1, 0.15) is 45.4 Å². The average Bonchev–Trinajstić information content (AvgIpc) is 2.61. The Morgan fingerprint density at radius 1 is 1.08 bits per heavy atom. The topological polar surface area (TPSA) is 104 Å². The maximum atomic E-state index is 12.5. The molecule has 2 fully saturated rings. The van der Waals surface area contributed by atoms with Crippen LogP contribution < -0.4 is 0 Å². The van der Waals surface area contributed by atoms with Crippen LogP contribution in [0.25, 0.3) is 0 Å². The first-order valence-corrected chi connectivity index (χ1v) is 9.18. The number of rotatable bonds is 6. The van der Waals surface area contributed by atoms with E-state index < -0.39 is 18.4 Å². The van der Waals surface area contributed by atoms with E-state index in [0.717, 1.165) is 25.7 Å². The summed E-state index contributed by atoms with van der Waals surface area (Å²) in [6.07, 6.45) is 4.50. The van der Waals surface area contributed by atoms with E-state index in [1.165, 1.54) is 0 Å². The van der Waals surface area contributed by atoms with E-state index in [4.69, 9.17) is 9.84 Å². The van der Waals surface area contributed by atoms with Crippen LogP contribution in [-0.4, -0.2) is 70.9 Å². The van der Waals surface area contributed by atoms with Gasteiger partial charge in [-0.3, -0.25) is 19.2 Å². The SMILES string of the molecule is CCOC(=O)CC(=O)N1CC[CH]CC1C1CCN(C(=O)CC(=O)O)CC1. The van der Waals surface area contributed by atoms with Gasteiger partial charge in [-0.05, 0) is 44.9 Å². The molecule has 0 aromatic heterocycles. The number of carbonyl (C=O) groups is 4. The summed E-state index contributed by atoms with van der Waals surface area (Å²) in [5.74, 6) is -1.94. The molecule has 0 aromatic carbocycles. The lowest BCUT2D eigenvalue weighted by Crippen LogP contribution is -2.51. The lowest BCUT2D eigenvalue weighted by Gasteiger charge is -2.43. The highest BCUT2D eigenvalue weighted by molar-refractivity contribution is 5.94. The first kappa shape index (κ1) is 20.2. The summed E-state index contributed by atoms with van der Waals surface area (Å²) in [5, 5.41) is 8.74. The Hall–Kier alpha value is -2.12. The highest BCUT2D eigenvalue weighted by atomic mass is 16.5. The summed E-state index contributed by atoms with van der Waals surface area (Å²) in [6, 6.07) is 0.0300. The minimum atomic E-state index is -1.12. The van der Waals surface area contributed by atoms with Crippen LogP contribution in [0.5, 0.6) is 0 Å². The summed E-state index contributed by atoms with van der Waals surface area (Å²) in [5.41, 5.74) is 0. The molecule has 0 aromatic rings. The highest BCUT2D eigenvalue weighted by Crippen LogP contribution is 2.30. The number of carboxylic acid groups (broad SMARTS) is 1. The largest absolute Gasteiger partial charge is 0.481 e. The van der Waals surface area contributed by atoms with Gasteiger partial charge in [0.1, 0.15) is 12.8 Å². The van der Waals surface area contributed by atoms with Gasteiger partial charge in [-0.1, -0.05) is 0 Å². The number of hydrogen-bond donors (Lipinski definition) is 1. The number of hydrogen-bond acceptors (Lipinski definition) is 5. The van der Waals surface area contributed by atoms with E-state index in [1.54, 1.807) is 16.7 Å². The Morgan fingerprint density at radius 2 is 1.77 bits per heavy atom. The third-order valence-corrected chi connectivity index (χ3v) is 5.04. The number of piperidine rings is 2. The second-order valence-corrected chi connectivity index (χ2v) is 6.74.